The van der Waals surface area contributed by atoms with Crippen molar-refractivity contribution >= 4 is 11.7 Å². The number of anilines is 1. The minimum atomic E-state index is 0.0906. The van der Waals surface area contributed by atoms with Crippen LogP contribution in [-0.2, 0) is 0 Å². The van der Waals surface area contributed by atoms with Gasteiger partial charge in [0, 0.05) is 24.3 Å². The average molecular weight is 258 g/mol. The third-order valence-electron chi connectivity index (χ3n) is 4.60. The van der Waals surface area contributed by atoms with Crippen LogP contribution in [0.4, 0.5) is 5.82 Å². The first-order chi connectivity index (χ1) is 9.25. The van der Waals surface area contributed by atoms with Gasteiger partial charge in [0.2, 0.25) is 0 Å². The molecule has 2 fully saturated rings. The van der Waals surface area contributed by atoms with Gasteiger partial charge in [-0.3, -0.25) is 5.41 Å². The summed E-state index contributed by atoms with van der Waals surface area (Å²) in [5.41, 5.74) is 6.18. The predicted molar refractivity (Wildman–Crippen MR) is 77.6 cm³/mol. The quantitative estimate of drug-likeness (QED) is 0.646. The Bertz CT molecular complexity index is 448. The summed E-state index contributed by atoms with van der Waals surface area (Å²) in [5, 5.41) is 7.42. The van der Waals surface area contributed by atoms with E-state index in [0.29, 0.717) is 11.6 Å². The van der Waals surface area contributed by atoms with E-state index >= 15 is 0 Å². The highest BCUT2D eigenvalue weighted by Gasteiger charge is 2.33. The standard InChI is InChI=1S/C15H22N4/c16-15(17)12-7-8-14(18-10-12)19-9-3-6-13(19)11-4-1-2-5-11/h7-8,10-11,13H,1-6,9H2,(H3,16,17). The molecule has 3 N–H and O–H groups in total. The van der Waals surface area contributed by atoms with Crippen molar-refractivity contribution in [1.82, 2.24) is 4.98 Å². The van der Waals surface area contributed by atoms with Gasteiger partial charge in [-0.2, -0.15) is 0 Å². The van der Waals surface area contributed by atoms with Crippen LogP contribution in [0.5, 0.6) is 0 Å². The van der Waals surface area contributed by atoms with Gasteiger partial charge in [-0.15, -0.1) is 0 Å². The molecule has 2 heterocycles. The van der Waals surface area contributed by atoms with E-state index in [1.807, 2.05) is 12.1 Å². The molecule has 1 saturated heterocycles. The zero-order chi connectivity index (χ0) is 13.2. The Morgan fingerprint density at radius 2 is 2.00 bits per heavy atom. The summed E-state index contributed by atoms with van der Waals surface area (Å²) in [5.74, 6) is 2.00. The fourth-order valence-corrected chi connectivity index (χ4v) is 3.62. The zero-order valence-electron chi connectivity index (χ0n) is 11.3. The number of nitrogens with zero attached hydrogens (tertiary/aromatic N) is 2. The maximum Gasteiger partial charge on any atom is 0.128 e. The molecule has 102 valence electrons. The van der Waals surface area contributed by atoms with Crippen molar-refractivity contribution in [1.29, 1.82) is 5.41 Å². The maximum atomic E-state index is 7.42. The molecule has 3 rings (SSSR count). The van der Waals surface area contributed by atoms with Gasteiger partial charge in [0.25, 0.3) is 0 Å². The van der Waals surface area contributed by atoms with Crippen LogP contribution in [-0.4, -0.2) is 23.4 Å². The van der Waals surface area contributed by atoms with Crippen LogP contribution in [0.3, 0.4) is 0 Å². The Morgan fingerprint density at radius 1 is 1.21 bits per heavy atom. The van der Waals surface area contributed by atoms with E-state index in [2.05, 4.69) is 9.88 Å². The number of nitrogens with one attached hydrogen (secondary N) is 1. The number of rotatable bonds is 3. The van der Waals surface area contributed by atoms with Crippen LogP contribution in [0, 0.1) is 11.3 Å². The summed E-state index contributed by atoms with van der Waals surface area (Å²) >= 11 is 0. The summed E-state index contributed by atoms with van der Waals surface area (Å²) < 4.78 is 0. The van der Waals surface area contributed by atoms with E-state index in [0.717, 1.165) is 18.3 Å². The van der Waals surface area contributed by atoms with Crippen molar-refractivity contribution in [2.24, 2.45) is 11.7 Å². The Balaban J connectivity index is 1.78. The molecule has 19 heavy (non-hydrogen) atoms. The lowest BCUT2D eigenvalue weighted by molar-refractivity contribution is 0.429. The normalized spacial score (nSPS) is 24.0. The van der Waals surface area contributed by atoms with E-state index in [-0.39, 0.29) is 5.84 Å². The maximum absolute atomic E-state index is 7.42. The van der Waals surface area contributed by atoms with E-state index < -0.39 is 0 Å². The summed E-state index contributed by atoms with van der Waals surface area (Å²) in [4.78, 5) is 6.98. The molecule has 0 radical (unpaired) electrons. The third kappa shape index (κ3) is 2.44. The van der Waals surface area contributed by atoms with Crippen molar-refractivity contribution in [3.63, 3.8) is 0 Å². The summed E-state index contributed by atoms with van der Waals surface area (Å²) in [7, 11) is 0. The highest BCUT2D eigenvalue weighted by Crippen LogP contribution is 2.37. The smallest absolute Gasteiger partial charge is 0.128 e. The van der Waals surface area contributed by atoms with E-state index in [9.17, 15) is 0 Å². The Kier molecular flexibility index (Phi) is 3.40. The molecule has 4 nitrogen and oxygen atoms in total. The molecular weight excluding hydrogens is 236 g/mol. The third-order valence-corrected chi connectivity index (χ3v) is 4.60. The highest BCUT2D eigenvalue weighted by molar-refractivity contribution is 5.94. The van der Waals surface area contributed by atoms with Gasteiger partial charge in [0.15, 0.2) is 0 Å². The summed E-state index contributed by atoms with van der Waals surface area (Å²) in [6, 6.07) is 4.61. The molecule has 0 amide bonds. The Hall–Kier alpha value is -1.58. The first-order valence-corrected chi connectivity index (χ1v) is 7.33. The molecule has 1 aromatic rings. The predicted octanol–water partition coefficient (Wildman–Crippen LogP) is 2.52. The van der Waals surface area contributed by atoms with Crippen LogP contribution in [0.15, 0.2) is 18.3 Å². The number of aromatic nitrogens is 1. The number of nitrogens with two attached hydrogens (primary N) is 1. The molecule has 1 aliphatic carbocycles. The molecular formula is C15H22N4. The largest absolute Gasteiger partial charge is 0.384 e. The Labute approximate surface area is 114 Å². The molecule has 2 aliphatic rings. The van der Waals surface area contributed by atoms with Gasteiger partial charge in [-0.05, 0) is 43.7 Å². The lowest BCUT2D eigenvalue weighted by Crippen LogP contribution is -2.35. The number of hydrogen-bond donors (Lipinski definition) is 2. The molecule has 0 aromatic carbocycles. The van der Waals surface area contributed by atoms with E-state index in [1.165, 1.54) is 38.5 Å². The van der Waals surface area contributed by atoms with Gasteiger partial charge in [0.05, 0.1) is 0 Å². The average Bonchev–Trinajstić information content (AvgIpc) is 3.09. The van der Waals surface area contributed by atoms with E-state index in [4.69, 9.17) is 11.1 Å². The van der Waals surface area contributed by atoms with Crippen molar-refractivity contribution in [2.75, 3.05) is 11.4 Å². The highest BCUT2D eigenvalue weighted by atomic mass is 15.2. The Morgan fingerprint density at radius 3 is 2.63 bits per heavy atom. The second-order valence-electron chi connectivity index (χ2n) is 5.77. The SMILES string of the molecule is N=C(N)c1ccc(N2CCCC2C2CCCC2)nc1. The lowest BCUT2D eigenvalue weighted by Gasteiger charge is -2.30. The number of pyridine rings is 1. The minimum Gasteiger partial charge on any atom is -0.384 e. The lowest BCUT2D eigenvalue weighted by atomic mass is 9.96. The summed E-state index contributed by atoms with van der Waals surface area (Å²) in [6.45, 7) is 1.12. The summed E-state index contributed by atoms with van der Waals surface area (Å²) in [6.07, 6.45) is 9.86. The van der Waals surface area contributed by atoms with Gasteiger partial charge >= 0.3 is 0 Å². The molecule has 1 unspecified atom stereocenters. The number of hydrogen-bond acceptors (Lipinski definition) is 3. The van der Waals surface area contributed by atoms with Crippen molar-refractivity contribution in [2.45, 2.75) is 44.6 Å². The number of amidine groups is 1. The van der Waals surface area contributed by atoms with Crippen molar-refractivity contribution in [3.05, 3.63) is 23.9 Å². The van der Waals surface area contributed by atoms with Crippen LogP contribution < -0.4 is 10.6 Å². The van der Waals surface area contributed by atoms with Crippen LogP contribution in [0.2, 0.25) is 0 Å². The number of nitrogen functional groups attached to an aromatic ring is 1. The first-order valence-electron chi connectivity index (χ1n) is 7.33. The van der Waals surface area contributed by atoms with Crippen LogP contribution >= 0.6 is 0 Å². The molecule has 4 heteroatoms. The first kappa shape index (κ1) is 12.5. The monoisotopic (exact) mass is 258 g/mol. The zero-order valence-corrected chi connectivity index (χ0v) is 11.3. The minimum absolute atomic E-state index is 0.0906. The second-order valence-corrected chi connectivity index (χ2v) is 5.77. The van der Waals surface area contributed by atoms with Crippen molar-refractivity contribution < 1.29 is 0 Å². The van der Waals surface area contributed by atoms with Crippen molar-refractivity contribution in [3.8, 4) is 0 Å². The van der Waals surface area contributed by atoms with Gasteiger partial charge in [0.1, 0.15) is 11.7 Å². The molecule has 1 aromatic heterocycles. The molecule has 0 spiro atoms. The van der Waals surface area contributed by atoms with Crippen LogP contribution in [0.1, 0.15) is 44.1 Å². The molecule has 1 saturated carbocycles. The molecule has 1 atom stereocenters. The fourth-order valence-electron chi connectivity index (χ4n) is 3.62. The molecule has 0 bridgehead atoms. The van der Waals surface area contributed by atoms with E-state index in [1.54, 1.807) is 6.20 Å². The fraction of sp³-hybridized carbons (Fsp3) is 0.600. The second kappa shape index (κ2) is 5.19. The van der Waals surface area contributed by atoms with Gasteiger partial charge in [-0.25, -0.2) is 4.98 Å². The topological polar surface area (TPSA) is 66.0 Å². The van der Waals surface area contributed by atoms with Gasteiger partial charge < -0.3 is 10.6 Å². The van der Waals surface area contributed by atoms with Crippen LogP contribution in [0.25, 0.3) is 0 Å². The molecule has 1 aliphatic heterocycles. The van der Waals surface area contributed by atoms with Gasteiger partial charge in [-0.1, -0.05) is 12.8 Å².